The number of carbonyl (C=O) groups is 1. The van der Waals surface area contributed by atoms with Gasteiger partial charge in [-0.3, -0.25) is 4.79 Å². The fourth-order valence-electron chi connectivity index (χ4n) is 2.86. The highest BCUT2D eigenvalue weighted by atomic mass is 32.1. The van der Waals surface area contributed by atoms with Gasteiger partial charge in [0.05, 0.1) is 0 Å². The van der Waals surface area contributed by atoms with Crippen LogP contribution in [0.2, 0.25) is 0 Å². The summed E-state index contributed by atoms with van der Waals surface area (Å²) < 4.78 is 40.3. The monoisotopic (exact) mass is 411 g/mol. The Kier molecular flexibility index (Phi) is 6.56. The second kappa shape index (κ2) is 9.09. The van der Waals surface area contributed by atoms with Gasteiger partial charge in [0.25, 0.3) is 5.91 Å². The molecule has 0 fully saturated rings. The SMILES string of the molecule is O=C(NCCC1=CCCCC1)c1csc(Nc2ccc(OC(F)(F)F)cc2)n1. The highest BCUT2D eigenvalue weighted by Crippen LogP contribution is 2.26. The Labute approximate surface area is 164 Å². The van der Waals surface area contributed by atoms with Gasteiger partial charge in [0.2, 0.25) is 0 Å². The molecule has 0 aliphatic heterocycles. The van der Waals surface area contributed by atoms with Gasteiger partial charge >= 0.3 is 6.36 Å². The van der Waals surface area contributed by atoms with Crippen molar-refractivity contribution in [1.29, 1.82) is 0 Å². The van der Waals surface area contributed by atoms with E-state index < -0.39 is 6.36 Å². The Bertz CT molecular complexity index is 832. The van der Waals surface area contributed by atoms with Gasteiger partial charge in [-0.05, 0) is 56.4 Å². The molecule has 3 rings (SSSR count). The summed E-state index contributed by atoms with van der Waals surface area (Å²) in [5.41, 5.74) is 2.24. The molecule has 28 heavy (non-hydrogen) atoms. The van der Waals surface area contributed by atoms with Crippen molar-refractivity contribution in [1.82, 2.24) is 10.3 Å². The van der Waals surface area contributed by atoms with E-state index in [1.165, 1.54) is 54.0 Å². The zero-order chi connectivity index (χ0) is 20.0. The van der Waals surface area contributed by atoms with Crippen molar-refractivity contribution in [2.75, 3.05) is 11.9 Å². The van der Waals surface area contributed by atoms with Crippen LogP contribution in [-0.2, 0) is 0 Å². The minimum Gasteiger partial charge on any atom is -0.406 e. The van der Waals surface area contributed by atoms with Gasteiger partial charge in [0.15, 0.2) is 5.13 Å². The molecule has 0 saturated heterocycles. The van der Waals surface area contributed by atoms with Crippen molar-refractivity contribution in [2.24, 2.45) is 0 Å². The molecule has 9 heteroatoms. The van der Waals surface area contributed by atoms with Crippen molar-refractivity contribution in [2.45, 2.75) is 38.5 Å². The number of thiazole rings is 1. The van der Waals surface area contributed by atoms with Crippen LogP contribution in [0.15, 0.2) is 41.3 Å². The molecule has 1 aromatic heterocycles. The number of hydrogen-bond donors (Lipinski definition) is 2. The molecule has 1 aliphatic carbocycles. The zero-order valence-corrected chi connectivity index (χ0v) is 15.8. The number of ether oxygens (including phenoxy) is 1. The number of allylic oxidation sites excluding steroid dienone is 1. The van der Waals surface area contributed by atoms with Crippen LogP contribution in [0.4, 0.5) is 24.0 Å². The van der Waals surface area contributed by atoms with E-state index in [0.29, 0.717) is 23.1 Å². The van der Waals surface area contributed by atoms with E-state index in [2.05, 4.69) is 26.4 Å². The molecule has 0 atom stereocenters. The quantitative estimate of drug-likeness (QED) is 0.599. The van der Waals surface area contributed by atoms with Gasteiger partial charge in [-0.1, -0.05) is 11.6 Å². The lowest BCUT2D eigenvalue weighted by Gasteiger charge is -2.12. The molecule has 150 valence electrons. The number of nitrogens with zero attached hydrogens (tertiary/aromatic N) is 1. The second-order valence-electron chi connectivity index (χ2n) is 6.35. The number of alkyl halides is 3. The van der Waals surface area contributed by atoms with Crippen molar-refractivity contribution < 1.29 is 22.7 Å². The molecule has 2 N–H and O–H groups in total. The van der Waals surface area contributed by atoms with E-state index in [0.717, 1.165) is 19.3 Å². The Balaban J connectivity index is 1.49. The number of aromatic nitrogens is 1. The maximum absolute atomic E-state index is 12.2. The molecule has 0 unspecified atom stereocenters. The number of hydrogen-bond acceptors (Lipinski definition) is 5. The zero-order valence-electron chi connectivity index (χ0n) is 15.0. The van der Waals surface area contributed by atoms with E-state index >= 15 is 0 Å². The van der Waals surface area contributed by atoms with Crippen LogP contribution in [0, 0.1) is 0 Å². The lowest BCUT2D eigenvalue weighted by Crippen LogP contribution is -2.25. The molecular formula is C19H20F3N3O2S. The normalized spacial score (nSPS) is 14.3. The largest absolute Gasteiger partial charge is 0.573 e. The number of rotatable bonds is 7. The Morgan fingerprint density at radius 2 is 2.00 bits per heavy atom. The Morgan fingerprint density at radius 3 is 2.68 bits per heavy atom. The predicted molar refractivity (Wildman–Crippen MR) is 102 cm³/mol. The van der Waals surface area contributed by atoms with Crippen LogP contribution in [0.5, 0.6) is 5.75 Å². The number of nitrogens with one attached hydrogen (secondary N) is 2. The average molecular weight is 411 g/mol. The van der Waals surface area contributed by atoms with E-state index in [9.17, 15) is 18.0 Å². The summed E-state index contributed by atoms with van der Waals surface area (Å²) in [4.78, 5) is 16.4. The third-order valence-electron chi connectivity index (χ3n) is 4.19. The second-order valence-corrected chi connectivity index (χ2v) is 7.21. The first-order valence-electron chi connectivity index (χ1n) is 8.93. The van der Waals surface area contributed by atoms with Crippen LogP contribution in [0.25, 0.3) is 0 Å². The van der Waals surface area contributed by atoms with E-state index in [4.69, 9.17) is 0 Å². The van der Waals surface area contributed by atoms with Crippen LogP contribution < -0.4 is 15.4 Å². The molecule has 1 aromatic carbocycles. The maximum Gasteiger partial charge on any atom is 0.573 e. The summed E-state index contributed by atoms with van der Waals surface area (Å²) in [6.07, 6.45) is 3.06. The first kappa shape index (κ1) is 20.2. The van der Waals surface area contributed by atoms with Gasteiger partial charge < -0.3 is 15.4 Å². The molecule has 1 heterocycles. The van der Waals surface area contributed by atoms with E-state index in [1.54, 1.807) is 5.38 Å². The summed E-state index contributed by atoms with van der Waals surface area (Å²) in [5, 5.41) is 7.94. The fourth-order valence-corrected chi connectivity index (χ4v) is 3.57. The maximum atomic E-state index is 12.2. The van der Waals surface area contributed by atoms with Gasteiger partial charge in [0, 0.05) is 17.6 Å². The van der Waals surface area contributed by atoms with Crippen molar-refractivity contribution in [3.8, 4) is 5.75 Å². The topological polar surface area (TPSA) is 63.2 Å². The Morgan fingerprint density at radius 1 is 1.21 bits per heavy atom. The molecule has 0 spiro atoms. The van der Waals surface area contributed by atoms with Gasteiger partial charge in [0.1, 0.15) is 11.4 Å². The van der Waals surface area contributed by atoms with Gasteiger partial charge in [-0.15, -0.1) is 24.5 Å². The average Bonchev–Trinajstić information content (AvgIpc) is 3.12. The highest BCUT2D eigenvalue weighted by molar-refractivity contribution is 7.14. The molecule has 0 bridgehead atoms. The Hall–Kier alpha value is -2.55. The summed E-state index contributed by atoms with van der Waals surface area (Å²) in [5.74, 6) is -0.542. The highest BCUT2D eigenvalue weighted by Gasteiger charge is 2.30. The van der Waals surface area contributed by atoms with E-state index in [-0.39, 0.29) is 11.7 Å². The molecule has 2 aromatic rings. The first-order chi connectivity index (χ1) is 13.4. The lowest BCUT2D eigenvalue weighted by atomic mass is 9.97. The van der Waals surface area contributed by atoms with Crippen LogP contribution in [0.3, 0.4) is 0 Å². The van der Waals surface area contributed by atoms with Crippen molar-refractivity contribution in [3.63, 3.8) is 0 Å². The number of halogens is 3. The minimum atomic E-state index is -4.72. The van der Waals surface area contributed by atoms with E-state index in [1.807, 2.05) is 0 Å². The van der Waals surface area contributed by atoms with Gasteiger partial charge in [-0.2, -0.15) is 0 Å². The molecule has 0 saturated carbocycles. The lowest BCUT2D eigenvalue weighted by molar-refractivity contribution is -0.274. The standard InChI is InChI=1S/C19H20F3N3O2S/c20-19(21,22)27-15-8-6-14(7-9-15)24-18-25-16(12-28-18)17(26)23-11-10-13-4-2-1-3-5-13/h4,6-9,12H,1-3,5,10-11H2,(H,23,26)(H,24,25). The van der Waals surface area contributed by atoms with Crippen LogP contribution >= 0.6 is 11.3 Å². The third-order valence-corrected chi connectivity index (χ3v) is 4.95. The number of carbonyl (C=O) groups excluding carboxylic acids is 1. The first-order valence-corrected chi connectivity index (χ1v) is 9.81. The smallest absolute Gasteiger partial charge is 0.406 e. The molecule has 1 aliphatic rings. The number of benzene rings is 1. The number of amides is 1. The fraction of sp³-hybridized carbons (Fsp3) is 0.368. The summed E-state index contributed by atoms with van der Waals surface area (Å²) in [6, 6.07) is 5.30. The molecule has 5 nitrogen and oxygen atoms in total. The van der Waals surface area contributed by atoms with Crippen LogP contribution in [0.1, 0.15) is 42.6 Å². The summed E-state index contributed by atoms with van der Waals surface area (Å²) >= 11 is 1.24. The third kappa shape index (κ3) is 6.26. The molecular weight excluding hydrogens is 391 g/mol. The number of anilines is 2. The minimum absolute atomic E-state index is 0.241. The van der Waals surface area contributed by atoms with Crippen LogP contribution in [-0.4, -0.2) is 23.8 Å². The van der Waals surface area contributed by atoms with Crippen molar-refractivity contribution >= 4 is 28.1 Å². The van der Waals surface area contributed by atoms with Gasteiger partial charge in [-0.25, -0.2) is 4.98 Å². The van der Waals surface area contributed by atoms with Crippen molar-refractivity contribution in [3.05, 3.63) is 47.0 Å². The molecule has 1 amide bonds. The molecule has 0 radical (unpaired) electrons. The summed E-state index contributed by atoms with van der Waals surface area (Å²) in [6.45, 7) is 0.575. The summed E-state index contributed by atoms with van der Waals surface area (Å²) in [7, 11) is 0. The predicted octanol–water partition coefficient (Wildman–Crippen LogP) is 5.41.